The highest BCUT2D eigenvalue weighted by atomic mass is 32.2. The molecule has 100 valence electrons. The maximum atomic E-state index is 11.3. The SMILES string of the molecule is Cc1cc(=O)[nH]c(SCCCc2ccc(N)cc2)n1. The first kappa shape index (κ1) is 13.7. The quantitative estimate of drug-likeness (QED) is 0.380. The van der Waals surface area contributed by atoms with Crippen molar-refractivity contribution < 1.29 is 0 Å². The van der Waals surface area contributed by atoms with Crippen molar-refractivity contribution in [2.24, 2.45) is 0 Å². The first-order valence-electron chi connectivity index (χ1n) is 6.19. The third kappa shape index (κ3) is 4.44. The largest absolute Gasteiger partial charge is 0.399 e. The van der Waals surface area contributed by atoms with Crippen LogP contribution in [0.2, 0.25) is 0 Å². The van der Waals surface area contributed by atoms with Gasteiger partial charge in [-0.05, 0) is 37.5 Å². The highest BCUT2D eigenvalue weighted by Gasteiger charge is 1.99. The van der Waals surface area contributed by atoms with Crippen molar-refractivity contribution in [3.63, 3.8) is 0 Å². The highest BCUT2D eigenvalue weighted by molar-refractivity contribution is 7.99. The minimum Gasteiger partial charge on any atom is -0.399 e. The molecular weight excluding hydrogens is 258 g/mol. The number of nitrogens with one attached hydrogen (secondary N) is 1. The molecule has 0 saturated carbocycles. The number of nitrogens with two attached hydrogens (primary N) is 1. The van der Waals surface area contributed by atoms with Crippen LogP contribution in [0.1, 0.15) is 17.7 Å². The van der Waals surface area contributed by atoms with E-state index in [-0.39, 0.29) is 5.56 Å². The molecule has 0 saturated heterocycles. The molecule has 0 aliphatic rings. The van der Waals surface area contributed by atoms with Crippen molar-refractivity contribution in [1.29, 1.82) is 0 Å². The fourth-order valence-corrected chi connectivity index (χ4v) is 2.61. The van der Waals surface area contributed by atoms with Crippen LogP contribution < -0.4 is 11.3 Å². The van der Waals surface area contributed by atoms with Gasteiger partial charge in [-0.2, -0.15) is 0 Å². The van der Waals surface area contributed by atoms with Gasteiger partial charge in [-0.1, -0.05) is 23.9 Å². The van der Waals surface area contributed by atoms with Crippen molar-refractivity contribution in [3.8, 4) is 0 Å². The number of nitrogens with zero attached hydrogens (tertiary/aromatic N) is 1. The van der Waals surface area contributed by atoms with Crippen molar-refractivity contribution in [2.45, 2.75) is 24.9 Å². The second-order valence-corrected chi connectivity index (χ2v) is 5.47. The van der Waals surface area contributed by atoms with E-state index in [1.807, 2.05) is 31.2 Å². The van der Waals surface area contributed by atoms with Crippen LogP contribution in [0.3, 0.4) is 0 Å². The molecule has 0 spiro atoms. The monoisotopic (exact) mass is 275 g/mol. The summed E-state index contributed by atoms with van der Waals surface area (Å²) in [4.78, 5) is 18.3. The molecule has 5 heteroatoms. The lowest BCUT2D eigenvalue weighted by molar-refractivity contribution is 0.891. The zero-order valence-corrected chi connectivity index (χ0v) is 11.7. The van der Waals surface area contributed by atoms with Crippen molar-refractivity contribution in [3.05, 3.63) is 51.9 Å². The van der Waals surface area contributed by atoms with Gasteiger partial charge in [-0.15, -0.1) is 0 Å². The molecule has 1 aromatic carbocycles. The Morgan fingerprint density at radius 2 is 2.05 bits per heavy atom. The summed E-state index contributed by atoms with van der Waals surface area (Å²) in [5.41, 5.74) is 8.37. The first-order valence-corrected chi connectivity index (χ1v) is 7.17. The third-order valence-electron chi connectivity index (χ3n) is 2.68. The van der Waals surface area contributed by atoms with E-state index < -0.39 is 0 Å². The summed E-state index contributed by atoms with van der Waals surface area (Å²) in [6.07, 6.45) is 2.04. The van der Waals surface area contributed by atoms with Crippen molar-refractivity contribution in [1.82, 2.24) is 9.97 Å². The number of anilines is 1. The lowest BCUT2D eigenvalue weighted by atomic mass is 10.1. The van der Waals surface area contributed by atoms with Crippen LogP contribution >= 0.6 is 11.8 Å². The number of benzene rings is 1. The molecule has 1 heterocycles. The highest BCUT2D eigenvalue weighted by Crippen LogP contribution is 2.15. The summed E-state index contributed by atoms with van der Waals surface area (Å²) < 4.78 is 0. The molecule has 3 N–H and O–H groups in total. The molecule has 0 fully saturated rings. The molecule has 19 heavy (non-hydrogen) atoms. The molecule has 0 bridgehead atoms. The van der Waals surface area contributed by atoms with Crippen molar-refractivity contribution >= 4 is 17.4 Å². The van der Waals surface area contributed by atoms with Crippen LogP contribution in [0.5, 0.6) is 0 Å². The first-order chi connectivity index (χ1) is 9.13. The van der Waals surface area contributed by atoms with Gasteiger partial charge in [0.25, 0.3) is 5.56 Å². The Balaban J connectivity index is 1.80. The molecule has 1 aromatic heterocycles. The molecule has 0 atom stereocenters. The summed E-state index contributed by atoms with van der Waals surface area (Å²) in [7, 11) is 0. The van der Waals surface area contributed by atoms with E-state index >= 15 is 0 Å². The van der Waals surface area contributed by atoms with Gasteiger partial charge < -0.3 is 10.7 Å². The van der Waals surface area contributed by atoms with Gasteiger partial charge in [0.1, 0.15) is 0 Å². The number of hydrogen-bond donors (Lipinski definition) is 2. The molecular formula is C14H17N3OS. The van der Waals surface area contributed by atoms with Gasteiger partial charge in [-0.25, -0.2) is 4.98 Å². The average molecular weight is 275 g/mol. The van der Waals surface area contributed by atoms with Crippen LogP contribution in [0, 0.1) is 6.92 Å². The maximum Gasteiger partial charge on any atom is 0.251 e. The molecule has 2 rings (SSSR count). The second kappa shape index (κ2) is 6.43. The lowest BCUT2D eigenvalue weighted by Crippen LogP contribution is -2.08. The number of H-pyrrole nitrogens is 1. The summed E-state index contributed by atoms with van der Waals surface area (Å²) in [6.45, 7) is 1.83. The molecule has 0 aliphatic heterocycles. The van der Waals surface area contributed by atoms with Crippen LogP contribution in [-0.2, 0) is 6.42 Å². The summed E-state index contributed by atoms with van der Waals surface area (Å²) in [5.74, 6) is 0.927. The third-order valence-corrected chi connectivity index (χ3v) is 3.64. The second-order valence-electron chi connectivity index (χ2n) is 4.39. The smallest absolute Gasteiger partial charge is 0.251 e. The molecule has 2 aromatic rings. The molecule has 0 amide bonds. The average Bonchev–Trinajstić information content (AvgIpc) is 2.36. The standard InChI is InChI=1S/C14H17N3OS/c1-10-9-13(18)17-14(16-10)19-8-2-3-11-4-6-12(15)7-5-11/h4-7,9H,2-3,8,15H2,1H3,(H,16,17,18). The van der Waals surface area contributed by atoms with E-state index in [0.717, 1.165) is 30.0 Å². The Bertz CT molecular complexity index is 592. The Hall–Kier alpha value is -1.75. The van der Waals surface area contributed by atoms with E-state index in [2.05, 4.69) is 9.97 Å². The van der Waals surface area contributed by atoms with Crippen LogP contribution in [0.15, 0.2) is 40.3 Å². The van der Waals surface area contributed by atoms with E-state index in [0.29, 0.717) is 5.16 Å². The lowest BCUT2D eigenvalue weighted by Gasteiger charge is -2.03. The Labute approximate surface area is 116 Å². The molecule has 0 unspecified atom stereocenters. The van der Waals surface area contributed by atoms with Crippen LogP contribution in [0.25, 0.3) is 0 Å². The van der Waals surface area contributed by atoms with E-state index in [1.165, 1.54) is 11.6 Å². The van der Waals surface area contributed by atoms with Gasteiger partial charge in [0.15, 0.2) is 5.16 Å². The van der Waals surface area contributed by atoms with Crippen LogP contribution in [-0.4, -0.2) is 15.7 Å². The van der Waals surface area contributed by atoms with Gasteiger partial charge in [0.2, 0.25) is 0 Å². The minimum absolute atomic E-state index is 0.0893. The number of aromatic amines is 1. The Morgan fingerprint density at radius 1 is 1.32 bits per heavy atom. The molecule has 0 radical (unpaired) electrons. The number of aromatic nitrogens is 2. The topological polar surface area (TPSA) is 71.8 Å². The van der Waals surface area contributed by atoms with Gasteiger partial charge >= 0.3 is 0 Å². The zero-order valence-electron chi connectivity index (χ0n) is 10.8. The Morgan fingerprint density at radius 3 is 2.74 bits per heavy atom. The maximum absolute atomic E-state index is 11.3. The number of rotatable bonds is 5. The van der Waals surface area contributed by atoms with Gasteiger partial charge in [-0.3, -0.25) is 4.79 Å². The van der Waals surface area contributed by atoms with Gasteiger partial charge in [0.05, 0.1) is 0 Å². The predicted molar refractivity (Wildman–Crippen MR) is 79.5 cm³/mol. The molecule has 4 nitrogen and oxygen atoms in total. The minimum atomic E-state index is -0.0893. The number of nitrogen functional groups attached to an aromatic ring is 1. The Kier molecular flexibility index (Phi) is 4.63. The number of aryl methyl sites for hydroxylation is 2. The van der Waals surface area contributed by atoms with Crippen molar-refractivity contribution in [2.75, 3.05) is 11.5 Å². The molecule has 0 aliphatic carbocycles. The van der Waals surface area contributed by atoms with E-state index in [1.54, 1.807) is 11.8 Å². The van der Waals surface area contributed by atoms with E-state index in [9.17, 15) is 4.79 Å². The van der Waals surface area contributed by atoms with Crippen LogP contribution in [0.4, 0.5) is 5.69 Å². The summed E-state index contributed by atoms with van der Waals surface area (Å²) in [5, 5.41) is 0.697. The fraction of sp³-hybridized carbons (Fsp3) is 0.286. The summed E-state index contributed by atoms with van der Waals surface area (Å²) in [6, 6.07) is 9.43. The number of thioether (sulfide) groups is 1. The van der Waals surface area contributed by atoms with Gasteiger partial charge in [0, 0.05) is 23.2 Å². The normalized spacial score (nSPS) is 10.6. The summed E-state index contributed by atoms with van der Waals surface area (Å²) >= 11 is 1.58. The predicted octanol–water partition coefficient (Wildman–Crippen LogP) is 2.39. The van der Waals surface area contributed by atoms with E-state index in [4.69, 9.17) is 5.73 Å². The number of hydrogen-bond acceptors (Lipinski definition) is 4. The fourth-order valence-electron chi connectivity index (χ4n) is 1.75. The zero-order chi connectivity index (χ0) is 13.7.